The third kappa shape index (κ3) is 5.36. The zero-order valence-electron chi connectivity index (χ0n) is 17.6. The number of carbonyl (C=O) groups is 1. The first-order valence-electron chi connectivity index (χ1n) is 10.8. The lowest BCUT2D eigenvalue weighted by atomic mass is 9.96. The first-order valence-corrected chi connectivity index (χ1v) is 10.8. The van der Waals surface area contributed by atoms with Crippen molar-refractivity contribution in [2.75, 3.05) is 13.1 Å². The molecule has 1 amide bonds. The highest BCUT2D eigenvalue weighted by Gasteiger charge is 2.25. The molecular weight excluding hydrogens is 372 g/mol. The first kappa shape index (κ1) is 20.4. The molecule has 0 bridgehead atoms. The number of amides is 1. The third-order valence-electron chi connectivity index (χ3n) is 5.86. The second kappa shape index (κ2) is 9.72. The van der Waals surface area contributed by atoms with E-state index < -0.39 is 0 Å². The van der Waals surface area contributed by atoms with Gasteiger partial charge in [-0.1, -0.05) is 54.6 Å². The van der Waals surface area contributed by atoms with Gasteiger partial charge in [0.05, 0.1) is 5.92 Å². The molecule has 1 atom stereocenters. The number of hydrogen-bond acceptors (Lipinski definition) is 3. The zero-order valence-corrected chi connectivity index (χ0v) is 17.6. The van der Waals surface area contributed by atoms with Crippen molar-refractivity contribution in [1.82, 2.24) is 19.8 Å². The number of imidazole rings is 1. The topological polar surface area (TPSA) is 50.2 Å². The fourth-order valence-electron chi connectivity index (χ4n) is 4.19. The lowest BCUT2D eigenvalue weighted by Crippen LogP contribution is -2.42. The van der Waals surface area contributed by atoms with Gasteiger partial charge in [0.1, 0.15) is 5.82 Å². The molecule has 1 aromatic heterocycles. The van der Waals surface area contributed by atoms with E-state index in [4.69, 9.17) is 0 Å². The van der Waals surface area contributed by atoms with Crippen molar-refractivity contribution in [3.63, 3.8) is 0 Å². The molecule has 30 heavy (non-hydrogen) atoms. The fraction of sp³-hybridized carbons (Fsp3) is 0.360. The molecule has 3 aromatic rings. The number of nitrogens with one attached hydrogen (secondary N) is 1. The third-order valence-corrected chi connectivity index (χ3v) is 5.86. The van der Waals surface area contributed by atoms with Crippen LogP contribution in [0.4, 0.5) is 0 Å². The summed E-state index contributed by atoms with van der Waals surface area (Å²) >= 11 is 0. The molecule has 1 aliphatic rings. The van der Waals surface area contributed by atoms with Crippen molar-refractivity contribution >= 4 is 5.91 Å². The summed E-state index contributed by atoms with van der Waals surface area (Å²) in [6, 6.07) is 18.9. The van der Waals surface area contributed by atoms with E-state index in [1.165, 1.54) is 11.1 Å². The van der Waals surface area contributed by atoms with Crippen LogP contribution in [-0.2, 0) is 24.4 Å². The van der Waals surface area contributed by atoms with Crippen LogP contribution in [0.2, 0.25) is 0 Å². The molecule has 0 aliphatic carbocycles. The normalized spacial score (nSPS) is 17.0. The van der Waals surface area contributed by atoms with Crippen molar-refractivity contribution in [2.45, 2.75) is 39.4 Å². The highest BCUT2D eigenvalue weighted by atomic mass is 16.1. The van der Waals surface area contributed by atoms with Gasteiger partial charge in [-0.25, -0.2) is 4.98 Å². The molecule has 0 spiro atoms. The number of piperidine rings is 1. The van der Waals surface area contributed by atoms with Gasteiger partial charge in [0, 0.05) is 38.6 Å². The maximum Gasteiger partial charge on any atom is 0.224 e. The van der Waals surface area contributed by atoms with Gasteiger partial charge >= 0.3 is 0 Å². The monoisotopic (exact) mass is 402 g/mol. The van der Waals surface area contributed by atoms with Gasteiger partial charge in [-0.15, -0.1) is 0 Å². The molecule has 5 nitrogen and oxygen atoms in total. The van der Waals surface area contributed by atoms with Crippen molar-refractivity contribution < 1.29 is 4.79 Å². The lowest BCUT2D eigenvalue weighted by molar-refractivity contribution is -0.126. The van der Waals surface area contributed by atoms with E-state index in [0.29, 0.717) is 6.54 Å². The molecule has 156 valence electrons. The van der Waals surface area contributed by atoms with Crippen LogP contribution in [0.1, 0.15) is 35.4 Å². The molecule has 1 N–H and O–H groups in total. The molecule has 2 aromatic carbocycles. The van der Waals surface area contributed by atoms with Crippen molar-refractivity contribution in [2.24, 2.45) is 5.92 Å². The van der Waals surface area contributed by atoms with Gasteiger partial charge in [-0.2, -0.15) is 0 Å². The van der Waals surface area contributed by atoms with Crippen LogP contribution < -0.4 is 5.32 Å². The Morgan fingerprint density at radius 1 is 1.07 bits per heavy atom. The number of likely N-dealkylation sites (tertiary alicyclic amines) is 1. The highest BCUT2D eigenvalue weighted by molar-refractivity contribution is 5.79. The maximum atomic E-state index is 12.8. The molecule has 0 radical (unpaired) electrons. The molecule has 4 rings (SSSR count). The molecule has 0 saturated carbocycles. The Balaban J connectivity index is 1.30. The average Bonchev–Trinajstić information content (AvgIpc) is 3.17. The quantitative estimate of drug-likeness (QED) is 0.655. The molecule has 2 heterocycles. The lowest BCUT2D eigenvalue weighted by Gasteiger charge is -2.32. The summed E-state index contributed by atoms with van der Waals surface area (Å²) in [5.41, 5.74) is 3.66. The van der Waals surface area contributed by atoms with Crippen molar-refractivity contribution in [1.29, 1.82) is 0 Å². The fourth-order valence-corrected chi connectivity index (χ4v) is 4.19. The summed E-state index contributed by atoms with van der Waals surface area (Å²) in [6.07, 6.45) is 5.86. The second-order valence-electron chi connectivity index (χ2n) is 8.20. The molecular formula is C25H30N4O. The van der Waals surface area contributed by atoms with Crippen LogP contribution in [-0.4, -0.2) is 33.4 Å². The molecule has 1 fully saturated rings. The summed E-state index contributed by atoms with van der Waals surface area (Å²) in [5, 5.41) is 3.17. The SMILES string of the molecule is Cc1nccn1Cc1cccc(CNC(=O)C2CCCN(Cc3ccccc3)C2)c1. The molecule has 1 aliphatic heterocycles. The van der Waals surface area contributed by atoms with Gasteiger partial charge in [0.25, 0.3) is 0 Å². The Hall–Kier alpha value is -2.92. The van der Waals surface area contributed by atoms with Crippen LogP contribution in [0.15, 0.2) is 67.0 Å². The van der Waals surface area contributed by atoms with E-state index in [9.17, 15) is 4.79 Å². The average molecular weight is 403 g/mol. The van der Waals surface area contributed by atoms with Crippen LogP contribution >= 0.6 is 0 Å². The standard InChI is InChI=1S/C25H30N4O/c1-20-26-12-14-29(20)18-23-10-5-9-22(15-23)16-27-25(30)24-11-6-13-28(19-24)17-21-7-3-2-4-8-21/h2-5,7-10,12,14-15,24H,6,11,13,16-19H2,1H3,(H,27,30). The van der Waals surface area contributed by atoms with Gasteiger partial charge in [-0.3, -0.25) is 9.69 Å². The summed E-state index contributed by atoms with van der Waals surface area (Å²) in [4.78, 5) is 19.5. The Kier molecular flexibility index (Phi) is 6.60. The highest BCUT2D eigenvalue weighted by Crippen LogP contribution is 2.19. The first-order chi connectivity index (χ1) is 14.7. The Morgan fingerprint density at radius 3 is 2.67 bits per heavy atom. The number of aryl methyl sites for hydroxylation is 1. The summed E-state index contributed by atoms with van der Waals surface area (Å²) in [5.74, 6) is 1.24. The molecule has 1 unspecified atom stereocenters. The largest absolute Gasteiger partial charge is 0.352 e. The number of hydrogen-bond donors (Lipinski definition) is 1. The summed E-state index contributed by atoms with van der Waals surface area (Å²) in [6.45, 7) is 6.19. The molecule has 1 saturated heterocycles. The van der Waals surface area contributed by atoms with Gasteiger partial charge < -0.3 is 9.88 Å². The zero-order chi connectivity index (χ0) is 20.8. The van der Waals surface area contributed by atoms with Crippen molar-refractivity contribution in [3.8, 4) is 0 Å². The Bertz CT molecular complexity index is 966. The van der Waals surface area contributed by atoms with E-state index in [1.807, 2.05) is 25.4 Å². The van der Waals surface area contributed by atoms with E-state index >= 15 is 0 Å². The maximum absolute atomic E-state index is 12.8. The van der Waals surface area contributed by atoms with Gasteiger partial charge in [0.15, 0.2) is 0 Å². The van der Waals surface area contributed by atoms with Crippen LogP contribution in [0.5, 0.6) is 0 Å². The Morgan fingerprint density at radius 2 is 1.87 bits per heavy atom. The van der Waals surface area contributed by atoms with Crippen molar-refractivity contribution in [3.05, 3.63) is 89.5 Å². The predicted octanol–water partition coefficient (Wildman–Crippen LogP) is 3.77. The van der Waals surface area contributed by atoms with E-state index in [-0.39, 0.29) is 11.8 Å². The van der Waals surface area contributed by atoms with Crippen LogP contribution in [0, 0.1) is 12.8 Å². The minimum absolute atomic E-state index is 0.0687. The van der Waals surface area contributed by atoms with E-state index in [2.05, 4.69) is 68.3 Å². The van der Waals surface area contributed by atoms with E-state index in [1.54, 1.807) is 0 Å². The smallest absolute Gasteiger partial charge is 0.224 e. The number of rotatable bonds is 7. The Labute approximate surface area is 178 Å². The number of benzene rings is 2. The van der Waals surface area contributed by atoms with Crippen LogP contribution in [0.3, 0.4) is 0 Å². The minimum Gasteiger partial charge on any atom is -0.352 e. The predicted molar refractivity (Wildman–Crippen MR) is 119 cm³/mol. The van der Waals surface area contributed by atoms with Crippen LogP contribution in [0.25, 0.3) is 0 Å². The molecule has 5 heteroatoms. The minimum atomic E-state index is 0.0687. The number of carbonyl (C=O) groups excluding carboxylic acids is 1. The van der Waals surface area contributed by atoms with Gasteiger partial charge in [-0.05, 0) is 43.0 Å². The summed E-state index contributed by atoms with van der Waals surface area (Å²) in [7, 11) is 0. The summed E-state index contributed by atoms with van der Waals surface area (Å²) < 4.78 is 2.13. The van der Waals surface area contributed by atoms with E-state index in [0.717, 1.165) is 50.4 Å². The number of nitrogens with zero attached hydrogens (tertiary/aromatic N) is 3. The van der Waals surface area contributed by atoms with Gasteiger partial charge in [0.2, 0.25) is 5.91 Å². The second-order valence-corrected chi connectivity index (χ2v) is 8.20. The number of aromatic nitrogens is 2.